The number of aromatic nitrogens is 2. The molecule has 2 heterocycles. The molecule has 0 aliphatic heterocycles. The van der Waals surface area contributed by atoms with Crippen LogP contribution >= 0.6 is 0 Å². The number of halogens is 2. The minimum atomic E-state index is -0.890. The number of methoxy groups -OCH3 is 1. The summed E-state index contributed by atoms with van der Waals surface area (Å²) in [6.45, 7) is 1.48. The van der Waals surface area contributed by atoms with Crippen molar-refractivity contribution in [3.63, 3.8) is 0 Å². The second kappa shape index (κ2) is 5.22. The Morgan fingerprint density at radius 1 is 1.32 bits per heavy atom. The molecule has 3 aromatic rings. The van der Waals surface area contributed by atoms with Gasteiger partial charge in [0.25, 0.3) is 0 Å². The number of hydrogen-bond acceptors (Lipinski definition) is 3. The van der Waals surface area contributed by atoms with Crippen LogP contribution in [0.5, 0.6) is 5.75 Å². The number of benzene rings is 1. The number of hydrogen-bond donors (Lipinski definition) is 1. The number of aryl methyl sites for hydroxylation is 1. The molecule has 0 unspecified atom stereocenters. The summed E-state index contributed by atoms with van der Waals surface area (Å²) in [4.78, 5) is 19.4. The first kappa shape index (κ1) is 14.2. The van der Waals surface area contributed by atoms with E-state index in [9.17, 15) is 13.6 Å². The van der Waals surface area contributed by atoms with E-state index in [1.54, 1.807) is 6.07 Å². The van der Waals surface area contributed by atoms with Gasteiger partial charge in [0, 0.05) is 17.1 Å². The molecule has 1 N–H and O–H groups in total. The molecular weight excluding hydrogens is 290 g/mol. The Morgan fingerprint density at radius 2 is 2.09 bits per heavy atom. The molecule has 1 aromatic carbocycles. The summed E-state index contributed by atoms with van der Waals surface area (Å²) in [5, 5.41) is 0.449. The summed E-state index contributed by atoms with van der Waals surface area (Å²) < 4.78 is 33.1. The number of rotatable bonds is 3. The van der Waals surface area contributed by atoms with Crippen LogP contribution in [0.2, 0.25) is 0 Å². The summed E-state index contributed by atoms with van der Waals surface area (Å²) in [5.41, 5.74) is 0.228. The Balaban J connectivity index is 2.20. The Labute approximate surface area is 124 Å². The van der Waals surface area contributed by atoms with Crippen molar-refractivity contribution in [3.8, 4) is 5.75 Å². The zero-order valence-corrected chi connectivity index (χ0v) is 11.9. The van der Waals surface area contributed by atoms with E-state index in [-0.39, 0.29) is 11.1 Å². The zero-order chi connectivity index (χ0) is 15.9. The Kier molecular flexibility index (Phi) is 3.36. The highest BCUT2D eigenvalue weighted by atomic mass is 19.1. The van der Waals surface area contributed by atoms with Crippen LogP contribution in [0.25, 0.3) is 11.0 Å². The molecule has 0 radical (unpaired) electrons. The van der Waals surface area contributed by atoms with Crippen molar-refractivity contribution in [2.75, 3.05) is 7.11 Å². The van der Waals surface area contributed by atoms with Crippen LogP contribution in [0, 0.1) is 18.6 Å². The fourth-order valence-corrected chi connectivity index (χ4v) is 2.28. The smallest absolute Gasteiger partial charge is 0.201 e. The molecule has 0 atom stereocenters. The number of fused-ring (bicyclic) bond motifs is 1. The number of ketones is 1. The Hall–Kier alpha value is -2.76. The second-order valence-corrected chi connectivity index (χ2v) is 4.86. The fraction of sp³-hybridized carbons (Fsp3) is 0.125. The topological polar surface area (TPSA) is 55.0 Å². The third-order valence-corrected chi connectivity index (χ3v) is 3.50. The zero-order valence-electron chi connectivity index (χ0n) is 11.9. The first-order valence-corrected chi connectivity index (χ1v) is 6.53. The molecule has 22 heavy (non-hydrogen) atoms. The molecule has 0 saturated carbocycles. The van der Waals surface area contributed by atoms with Crippen molar-refractivity contribution in [1.29, 1.82) is 0 Å². The predicted molar refractivity (Wildman–Crippen MR) is 77.2 cm³/mol. The third-order valence-electron chi connectivity index (χ3n) is 3.50. The van der Waals surface area contributed by atoms with E-state index in [4.69, 9.17) is 4.74 Å². The van der Waals surface area contributed by atoms with E-state index < -0.39 is 23.0 Å². The molecule has 3 rings (SSSR count). The standard InChI is InChI=1S/C16H12F2N2O2/c1-8-3-4-12(17)13(14(8)18)15(21)11-7-20-16-10(11)5-9(22-2)6-19-16/h3-7H,1-2H3,(H,19,20). The van der Waals surface area contributed by atoms with Crippen LogP contribution in [0.15, 0.2) is 30.6 Å². The number of carbonyl (C=O) groups excluding carboxylic acids is 1. The van der Waals surface area contributed by atoms with Crippen LogP contribution in [0.3, 0.4) is 0 Å². The van der Waals surface area contributed by atoms with Crippen molar-refractivity contribution in [1.82, 2.24) is 9.97 Å². The van der Waals surface area contributed by atoms with Gasteiger partial charge in [0.2, 0.25) is 5.78 Å². The van der Waals surface area contributed by atoms with E-state index in [0.717, 1.165) is 6.07 Å². The number of nitrogens with one attached hydrogen (secondary N) is 1. The summed E-state index contributed by atoms with van der Waals surface area (Å²) >= 11 is 0. The van der Waals surface area contributed by atoms with E-state index in [1.807, 2.05) is 0 Å². The van der Waals surface area contributed by atoms with Gasteiger partial charge in [0.05, 0.1) is 18.9 Å². The summed E-state index contributed by atoms with van der Waals surface area (Å²) in [7, 11) is 1.47. The van der Waals surface area contributed by atoms with Gasteiger partial charge in [0.1, 0.15) is 23.0 Å². The molecule has 0 bridgehead atoms. The number of pyridine rings is 1. The molecule has 6 heteroatoms. The average Bonchev–Trinajstić information content (AvgIpc) is 2.94. The van der Waals surface area contributed by atoms with Crippen molar-refractivity contribution in [2.45, 2.75) is 6.92 Å². The number of nitrogens with zero attached hydrogens (tertiary/aromatic N) is 1. The summed E-state index contributed by atoms with van der Waals surface area (Å²) in [6.07, 6.45) is 2.88. The summed E-state index contributed by atoms with van der Waals surface area (Å²) in [6, 6.07) is 3.97. The lowest BCUT2D eigenvalue weighted by Gasteiger charge is -2.06. The monoisotopic (exact) mass is 302 g/mol. The third kappa shape index (κ3) is 2.13. The minimum Gasteiger partial charge on any atom is -0.495 e. The number of H-pyrrole nitrogens is 1. The minimum absolute atomic E-state index is 0.143. The van der Waals surface area contributed by atoms with Gasteiger partial charge in [-0.25, -0.2) is 13.8 Å². The SMILES string of the molecule is COc1cnc2[nH]cc(C(=O)c3c(F)ccc(C)c3F)c2c1. The highest BCUT2D eigenvalue weighted by Crippen LogP contribution is 2.26. The normalized spacial score (nSPS) is 10.9. The second-order valence-electron chi connectivity index (χ2n) is 4.86. The predicted octanol–water partition coefficient (Wildman–Crippen LogP) is 3.39. The lowest BCUT2D eigenvalue weighted by Crippen LogP contribution is -2.08. The average molecular weight is 302 g/mol. The molecule has 0 amide bonds. The number of carbonyl (C=O) groups is 1. The van der Waals surface area contributed by atoms with Crippen LogP contribution in [-0.4, -0.2) is 22.9 Å². The fourth-order valence-electron chi connectivity index (χ4n) is 2.28. The lowest BCUT2D eigenvalue weighted by molar-refractivity contribution is 0.103. The van der Waals surface area contributed by atoms with E-state index in [0.29, 0.717) is 16.8 Å². The lowest BCUT2D eigenvalue weighted by atomic mass is 10.0. The number of ether oxygens (including phenoxy) is 1. The molecule has 2 aromatic heterocycles. The number of aromatic amines is 1. The van der Waals surface area contributed by atoms with Gasteiger partial charge < -0.3 is 9.72 Å². The van der Waals surface area contributed by atoms with Crippen molar-refractivity contribution >= 4 is 16.8 Å². The highest BCUT2D eigenvalue weighted by molar-refractivity contribution is 6.16. The van der Waals surface area contributed by atoms with Crippen molar-refractivity contribution in [2.24, 2.45) is 0 Å². The van der Waals surface area contributed by atoms with Gasteiger partial charge in [0.15, 0.2) is 0 Å². The first-order valence-electron chi connectivity index (χ1n) is 6.53. The maximum absolute atomic E-state index is 14.1. The maximum Gasteiger partial charge on any atom is 0.201 e. The summed E-state index contributed by atoms with van der Waals surface area (Å²) in [5.74, 6) is -2.03. The molecule has 0 spiro atoms. The van der Waals surface area contributed by atoms with Crippen LogP contribution in [0.1, 0.15) is 21.5 Å². The molecule has 112 valence electrons. The van der Waals surface area contributed by atoms with Gasteiger partial charge in [-0.2, -0.15) is 0 Å². The van der Waals surface area contributed by atoms with Crippen LogP contribution < -0.4 is 4.74 Å². The maximum atomic E-state index is 14.1. The largest absolute Gasteiger partial charge is 0.495 e. The van der Waals surface area contributed by atoms with Crippen LogP contribution in [-0.2, 0) is 0 Å². The van der Waals surface area contributed by atoms with E-state index in [1.165, 1.54) is 32.5 Å². The van der Waals surface area contributed by atoms with Crippen molar-refractivity contribution < 1.29 is 18.3 Å². The van der Waals surface area contributed by atoms with Crippen molar-refractivity contribution in [3.05, 3.63) is 58.9 Å². The van der Waals surface area contributed by atoms with E-state index in [2.05, 4.69) is 9.97 Å². The molecule has 4 nitrogen and oxygen atoms in total. The molecular formula is C16H12F2N2O2. The highest BCUT2D eigenvalue weighted by Gasteiger charge is 2.23. The van der Waals surface area contributed by atoms with Gasteiger partial charge >= 0.3 is 0 Å². The first-order chi connectivity index (χ1) is 10.5. The quantitative estimate of drug-likeness (QED) is 0.755. The van der Waals surface area contributed by atoms with Gasteiger partial charge in [-0.05, 0) is 24.6 Å². The van der Waals surface area contributed by atoms with Gasteiger partial charge in [-0.15, -0.1) is 0 Å². The molecule has 0 aliphatic carbocycles. The molecule has 0 saturated heterocycles. The van der Waals surface area contributed by atoms with Gasteiger partial charge in [-0.3, -0.25) is 4.79 Å². The Bertz CT molecular complexity index is 887. The van der Waals surface area contributed by atoms with Crippen LogP contribution in [0.4, 0.5) is 8.78 Å². The molecule has 0 aliphatic rings. The van der Waals surface area contributed by atoms with Gasteiger partial charge in [-0.1, -0.05) is 6.07 Å². The Morgan fingerprint density at radius 3 is 2.82 bits per heavy atom. The molecule has 0 fully saturated rings. The van der Waals surface area contributed by atoms with E-state index >= 15 is 0 Å².